The predicted molar refractivity (Wildman–Crippen MR) is 112 cm³/mol. The summed E-state index contributed by atoms with van der Waals surface area (Å²) in [5.41, 5.74) is -0.0157. The Balaban J connectivity index is 0.00000529. The lowest BCUT2D eigenvalue weighted by Gasteiger charge is -2.17. The largest absolute Gasteiger partial charge is 0.443 e. The van der Waals surface area contributed by atoms with Gasteiger partial charge in [0.05, 0.1) is 12.7 Å². The smallest absolute Gasteiger partial charge is 0.213 e. The van der Waals surface area contributed by atoms with Gasteiger partial charge in [-0.25, -0.2) is 4.98 Å². The van der Waals surface area contributed by atoms with Crippen LogP contribution in [0.4, 0.5) is 0 Å². The number of halogens is 1. The molecule has 0 bridgehead atoms. The van der Waals surface area contributed by atoms with E-state index in [-0.39, 0.29) is 29.4 Å². The van der Waals surface area contributed by atoms with Crippen LogP contribution in [0.2, 0.25) is 0 Å². The maximum absolute atomic E-state index is 5.78. The van der Waals surface area contributed by atoms with Gasteiger partial charge in [0.2, 0.25) is 5.89 Å². The summed E-state index contributed by atoms with van der Waals surface area (Å²) < 4.78 is 5.78. The van der Waals surface area contributed by atoms with Gasteiger partial charge in [0, 0.05) is 18.5 Å². The minimum Gasteiger partial charge on any atom is -0.443 e. The number of unbranched alkanes of at least 4 members (excludes halogenated alkanes) is 3. The molecule has 1 atom stereocenters. The number of aliphatic imine (C=N–C) groups is 1. The third-order valence-corrected chi connectivity index (χ3v) is 3.80. The highest BCUT2D eigenvalue weighted by atomic mass is 127. The lowest BCUT2D eigenvalue weighted by Crippen LogP contribution is -2.41. The Labute approximate surface area is 164 Å². The van der Waals surface area contributed by atoms with Crippen molar-refractivity contribution in [2.75, 3.05) is 7.05 Å². The van der Waals surface area contributed by atoms with Gasteiger partial charge in [-0.15, -0.1) is 24.0 Å². The van der Waals surface area contributed by atoms with Crippen molar-refractivity contribution in [3.63, 3.8) is 0 Å². The van der Waals surface area contributed by atoms with Crippen LogP contribution in [0.3, 0.4) is 0 Å². The second-order valence-electron chi connectivity index (χ2n) is 7.19. The molecule has 1 heterocycles. The third kappa shape index (κ3) is 8.89. The molecule has 0 aliphatic carbocycles. The molecule has 0 aliphatic heterocycles. The molecule has 6 heteroatoms. The van der Waals surface area contributed by atoms with Crippen LogP contribution in [0.5, 0.6) is 0 Å². The number of nitrogens with one attached hydrogen (secondary N) is 2. The molecule has 0 aliphatic rings. The van der Waals surface area contributed by atoms with Gasteiger partial charge in [0.1, 0.15) is 5.76 Å². The molecule has 0 saturated carbocycles. The van der Waals surface area contributed by atoms with Gasteiger partial charge in [0.25, 0.3) is 0 Å². The first-order chi connectivity index (χ1) is 10.9. The lowest BCUT2D eigenvalue weighted by molar-refractivity contribution is 0.379. The van der Waals surface area contributed by atoms with Crippen molar-refractivity contribution in [3.8, 4) is 0 Å². The Morgan fingerprint density at radius 1 is 1.29 bits per heavy atom. The molecular weight excluding hydrogens is 415 g/mol. The van der Waals surface area contributed by atoms with Gasteiger partial charge in [0.15, 0.2) is 5.96 Å². The fraction of sp³-hybridized carbons (Fsp3) is 0.778. The van der Waals surface area contributed by atoms with E-state index >= 15 is 0 Å². The predicted octanol–water partition coefficient (Wildman–Crippen LogP) is 4.61. The zero-order valence-corrected chi connectivity index (χ0v) is 18.4. The van der Waals surface area contributed by atoms with Crippen molar-refractivity contribution in [2.45, 2.75) is 84.7 Å². The highest BCUT2D eigenvalue weighted by molar-refractivity contribution is 14.0. The molecule has 0 aromatic carbocycles. The summed E-state index contributed by atoms with van der Waals surface area (Å²) in [4.78, 5) is 8.59. The van der Waals surface area contributed by atoms with Crippen molar-refractivity contribution >= 4 is 29.9 Å². The maximum atomic E-state index is 5.78. The van der Waals surface area contributed by atoms with E-state index in [1.807, 2.05) is 6.20 Å². The molecular formula is C18H35IN4O. The third-order valence-electron chi connectivity index (χ3n) is 3.80. The zero-order valence-electron chi connectivity index (χ0n) is 16.1. The van der Waals surface area contributed by atoms with E-state index in [9.17, 15) is 0 Å². The molecule has 5 nitrogen and oxygen atoms in total. The summed E-state index contributed by atoms with van der Waals surface area (Å²) in [5.74, 6) is 2.39. The Bertz CT molecular complexity index is 480. The van der Waals surface area contributed by atoms with E-state index in [2.05, 4.69) is 55.2 Å². The first-order valence-corrected chi connectivity index (χ1v) is 8.79. The summed E-state index contributed by atoms with van der Waals surface area (Å²) in [6.07, 6.45) is 8.13. The minimum absolute atomic E-state index is 0. The second kappa shape index (κ2) is 11.7. The van der Waals surface area contributed by atoms with Crippen molar-refractivity contribution in [2.24, 2.45) is 4.99 Å². The molecule has 2 N–H and O–H groups in total. The van der Waals surface area contributed by atoms with Crippen LogP contribution >= 0.6 is 24.0 Å². The minimum atomic E-state index is -0.0157. The quantitative estimate of drug-likeness (QED) is 0.263. The number of rotatable bonds is 8. The van der Waals surface area contributed by atoms with E-state index in [0.29, 0.717) is 18.5 Å². The van der Waals surface area contributed by atoms with Crippen LogP contribution < -0.4 is 10.6 Å². The first kappa shape index (κ1) is 23.2. The van der Waals surface area contributed by atoms with Crippen LogP contribution in [0.25, 0.3) is 0 Å². The van der Waals surface area contributed by atoms with Crippen LogP contribution in [-0.4, -0.2) is 24.0 Å². The monoisotopic (exact) mass is 450 g/mol. The van der Waals surface area contributed by atoms with Gasteiger partial charge in [-0.05, 0) is 13.3 Å². The zero-order chi connectivity index (χ0) is 17.3. The highest BCUT2D eigenvalue weighted by Gasteiger charge is 2.19. The number of guanidine groups is 1. The Hall–Kier alpha value is -0.790. The molecule has 1 rings (SSSR count). The summed E-state index contributed by atoms with van der Waals surface area (Å²) in [6, 6.07) is 0.410. The Kier molecular flexibility index (Phi) is 11.3. The van der Waals surface area contributed by atoms with Crippen molar-refractivity contribution in [3.05, 3.63) is 17.8 Å². The number of oxazole rings is 1. The number of hydrogen-bond acceptors (Lipinski definition) is 3. The molecule has 1 aromatic heterocycles. The van der Waals surface area contributed by atoms with Gasteiger partial charge < -0.3 is 15.1 Å². The van der Waals surface area contributed by atoms with Crippen LogP contribution in [0.1, 0.15) is 78.4 Å². The van der Waals surface area contributed by atoms with E-state index < -0.39 is 0 Å². The van der Waals surface area contributed by atoms with Gasteiger partial charge in [-0.1, -0.05) is 53.4 Å². The van der Waals surface area contributed by atoms with Crippen molar-refractivity contribution < 1.29 is 4.42 Å². The number of hydrogen-bond donors (Lipinski definition) is 2. The SMILES string of the molecule is CCCCCCC(C)NC(=NC)NCc1ncc(C(C)(C)C)o1.I. The number of nitrogens with zero attached hydrogens (tertiary/aromatic N) is 2. The Morgan fingerprint density at radius 3 is 2.54 bits per heavy atom. The van der Waals surface area contributed by atoms with Crippen molar-refractivity contribution in [1.82, 2.24) is 15.6 Å². The fourth-order valence-electron chi connectivity index (χ4n) is 2.28. The molecule has 0 saturated heterocycles. The molecule has 0 spiro atoms. The fourth-order valence-corrected chi connectivity index (χ4v) is 2.28. The normalized spacial score (nSPS) is 13.3. The van der Waals surface area contributed by atoms with E-state index in [4.69, 9.17) is 4.42 Å². The molecule has 1 unspecified atom stereocenters. The maximum Gasteiger partial charge on any atom is 0.213 e. The molecule has 0 fully saturated rings. The van der Waals surface area contributed by atoms with E-state index in [0.717, 1.165) is 18.1 Å². The summed E-state index contributed by atoms with van der Waals surface area (Å²) in [5, 5.41) is 6.69. The Morgan fingerprint density at radius 2 is 2.00 bits per heavy atom. The second-order valence-corrected chi connectivity index (χ2v) is 7.19. The molecule has 0 radical (unpaired) electrons. The molecule has 140 valence electrons. The van der Waals surface area contributed by atoms with Crippen molar-refractivity contribution in [1.29, 1.82) is 0 Å². The van der Waals surface area contributed by atoms with Crippen LogP contribution in [-0.2, 0) is 12.0 Å². The average molecular weight is 450 g/mol. The molecule has 1 aromatic rings. The average Bonchev–Trinajstić information content (AvgIpc) is 2.97. The standard InChI is InChI=1S/C18H34N4O.HI/c1-7-8-9-10-11-14(2)22-17(19-6)21-13-16-20-12-15(23-16)18(3,4)5;/h12,14H,7-11,13H2,1-6H3,(H2,19,21,22);1H. The summed E-state index contributed by atoms with van der Waals surface area (Å²) in [7, 11) is 1.79. The van der Waals surface area contributed by atoms with Gasteiger partial charge in [-0.3, -0.25) is 4.99 Å². The van der Waals surface area contributed by atoms with E-state index in [1.165, 1.54) is 25.7 Å². The topological polar surface area (TPSA) is 62.5 Å². The summed E-state index contributed by atoms with van der Waals surface area (Å²) >= 11 is 0. The molecule has 0 amide bonds. The summed E-state index contributed by atoms with van der Waals surface area (Å²) in [6.45, 7) is 11.3. The lowest BCUT2D eigenvalue weighted by atomic mass is 9.94. The first-order valence-electron chi connectivity index (χ1n) is 8.79. The highest BCUT2D eigenvalue weighted by Crippen LogP contribution is 2.22. The van der Waals surface area contributed by atoms with Crippen LogP contribution in [0, 0.1) is 0 Å². The van der Waals surface area contributed by atoms with Gasteiger partial charge >= 0.3 is 0 Å². The number of aromatic nitrogens is 1. The van der Waals surface area contributed by atoms with Gasteiger partial charge in [-0.2, -0.15) is 0 Å². The van der Waals surface area contributed by atoms with E-state index in [1.54, 1.807) is 7.05 Å². The molecule has 24 heavy (non-hydrogen) atoms. The van der Waals surface area contributed by atoms with Crippen LogP contribution in [0.15, 0.2) is 15.6 Å².